The molecule has 5 nitrogen and oxygen atoms in total. The van der Waals surface area contributed by atoms with E-state index in [1.54, 1.807) is 4.31 Å². The van der Waals surface area contributed by atoms with Gasteiger partial charge in [-0.25, -0.2) is 0 Å². The molecule has 0 aromatic carbocycles. The minimum absolute atomic E-state index is 0.0377. The van der Waals surface area contributed by atoms with Crippen molar-refractivity contribution >= 4 is 10.2 Å². The van der Waals surface area contributed by atoms with Crippen LogP contribution in [0.2, 0.25) is 0 Å². The molecule has 2 aliphatic rings. The number of nitrogens with zero attached hydrogens (tertiary/aromatic N) is 1. The van der Waals surface area contributed by atoms with Gasteiger partial charge < -0.3 is 5.32 Å². The molecular formula is C12H25N3O2S. The second-order valence-electron chi connectivity index (χ2n) is 5.69. The van der Waals surface area contributed by atoms with Gasteiger partial charge in [0, 0.05) is 18.6 Å². The molecule has 2 rings (SSSR count). The van der Waals surface area contributed by atoms with Crippen LogP contribution in [-0.4, -0.2) is 44.4 Å². The molecule has 6 heteroatoms. The first kappa shape index (κ1) is 14.2. The fourth-order valence-corrected chi connectivity index (χ4v) is 4.86. The monoisotopic (exact) mass is 275 g/mol. The highest BCUT2D eigenvalue weighted by Gasteiger charge is 2.39. The Labute approximate surface area is 110 Å². The highest BCUT2D eigenvalue weighted by atomic mass is 32.2. The summed E-state index contributed by atoms with van der Waals surface area (Å²) in [6.07, 6.45) is 4.20. The summed E-state index contributed by atoms with van der Waals surface area (Å²) in [6, 6.07) is 0.174. The first-order valence-corrected chi connectivity index (χ1v) is 8.44. The van der Waals surface area contributed by atoms with Gasteiger partial charge in [0.05, 0.1) is 0 Å². The third-order valence-corrected chi connectivity index (χ3v) is 5.71. The van der Waals surface area contributed by atoms with Crippen LogP contribution in [0, 0.1) is 5.92 Å². The first-order chi connectivity index (χ1) is 8.50. The SMILES string of the molecule is CC(C)NS(=O)(=O)N1CCCC1C1CCNCC1. The predicted octanol–water partition coefficient (Wildman–Crippen LogP) is 0.693. The minimum Gasteiger partial charge on any atom is -0.317 e. The van der Waals surface area contributed by atoms with E-state index < -0.39 is 10.2 Å². The zero-order valence-corrected chi connectivity index (χ0v) is 12.2. The summed E-state index contributed by atoms with van der Waals surface area (Å²) in [7, 11) is -3.29. The molecule has 0 amide bonds. The molecule has 2 saturated heterocycles. The lowest BCUT2D eigenvalue weighted by molar-refractivity contribution is 0.233. The summed E-state index contributed by atoms with van der Waals surface area (Å²) in [4.78, 5) is 0. The van der Waals surface area contributed by atoms with E-state index in [0.717, 1.165) is 38.8 Å². The van der Waals surface area contributed by atoms with Crippen LogP contribution in [0.25, 0.3) is 0 Å². The minimum atomic E-state index is -3.29. The largest absolute Gasteiger partial charge is 0.317 e. The normalized spacial score (nSPS) is 28.1. The molecule has 0 spiro atoms. The zero-order chi connectivity index (χ0) is 13.2. The Morgan fingerprint density at radius 3 is 2.50 bits per heavy atom. The van der Waals surface area contributed by atoms with Crippen LogP contribution >= 0.6 is 0 Å². The number of rotatable bonds is 4. The third kappa shape index (κ3) is 3.23. The van der Waals surface area contributed by atoms with Gasteiger partial charge in [-0.05, 0) is 58.5 Å². The van der Waals surface area contributed by atoms with Crippen molar-refractivity contribution in [2.45, 2.75) is 51.6 Å². The average Bonchev–Trinajstić information content (AvgIpc) is 2.78. The maximum Gasteiger partial charge on any atom is 0.279 e. The van der Waals surface area contributed by atoms with Crippen LogP contribution in [0.3, 0.4) is 0 Å². The van der Waals surface area contributed by atoms with E-state index in [1.165, 1.54) is 0 Å². The molecule has 0 aromatic rings. The van der Waals surface area contributed by atoms with Gasteiger partial charge in [-0.1, -0.05) is 0 Å². The number of hydrogen-bond acceptors (Lipinski definition) is 3. The molecule has 2 heterocycles. The molecule has 0 bridgehead atoms. The van der Waals surface area contributed by atoms with E-state index in [2.05, 4.69) is 10.0 Å². The van der Waals surface area contributed by atoms with Crippen molar-refractivity contribution in [1.82, 2.24) is 14.3 Å². The van der Waals surface area contributed by atoms with Crippen molar-refractivity contribution in [2.24, 2.45) is 5.92 Å². The zero-order valence-electron chi connectivity index (χ0n) is 11.4. The smallest absolute Gasteiger partial charge is 0.279 e. The molecule has 0 aliphatic carbocycles. The van der Waals surface area contributed by atoms with E-state index in [-0.39, 0.29) is 12.1 Å². The summed E-state index contributed by atoms with van der Waals surface area (Å²) in [5.74, 6) is 0.525. The molecule has 0 radical (unpaired) electrons. The Kier molecular flexibility index (Phi) is 4.64. The van der Waals surface area contributed by atoms with Gasteiger partial charge in [0.1, 0.15) is 0 Å². The van der Waals surface area contributed by atoms with Gasteiger partial charge in [-0.15, -0.1) is 0 Å². The highest BCUT2D eigenvalue weighted by Crippen LogP contribution is 2.31. The van der Waals surface area contributed by atoms with E-state index in [1.807, 2.05) is 13.8 Å². The molecule has 2 fully saturated rings. The van der Waals surface area contributed by atoms with E-state index in [9.17, 15) is 8.42 Å². The fraction of sp³-hybridized carbons (Fsp3) is 1.00. The third-order valence-electron chi connectivity index (χ3n) is 3.87. The summed E-state index contributed by atoms with van der Waals surface area (Å²) in [5.41, 5.74) is 0. The van der Waals surface area contributed by atoms with E-state index in [0.29, 0.717) is 12.5 Å². The van der Waals surface area contributed by atoms with Crippen LogP contribution in [-0.2, 0) is 10.2 Å². The molecule has 0 aromatic heterocycles. The molecule has 106 valence electrons. The van der Waals surface area contributed by atoms with Crippen molar-refractivity contribution in [1.29, 1.82) is 0 Å². The predicted molar refractivity (Wildman–Crippen MR) is 72.5 cm³/mol. The Morgan fingerprint density at radius 2 is 1.89 bits per heavy atom. The lowest BCUT2D eigenvalue weighted by atomic mass is 9.89. The summed E-state index contributed by atoms with van der Waals surface area (Å²) in [6.45, 7) is 6.45. The van der Waals surface area contributed by atoms with Gasteiger partial charge in [0.2, 0.25) is 0 Å². The molecule has 2 N–H and O–H groups in total. The van der Waals surface area contributed by atoms with E-state index in [4.69, 9.17) is 0 Å². The van der Waals surface area contributed by atoms with Crippen LogP contribution in [0.5, 0.6) is 0 Å². The first-order valence-electron chi connectivity index (χ1n) is 7.00. The molecule has 18 heavy (non-hydrogen) atoms. The second kappa shape index (κ2) is 5.86. The van der Waals surface area contributed by atoms with Crippen molar-refractivity contribution < 1.29 is 8.42 Å². The van der Waals surface area contributed by atoms with Crippen molar-refractivity contribution in [3.05, 3.63) is 0 Å². The summed E-state index contributed by atoms with van der Waals surface area (Å²) in [5, 5.41) is 3.34. The summed E-state index contributed by atoms with van der Waals surface area (Å²) >= 11 is 0. The number of piperidine rings is 1. The standard InChI is InChI=1S/C12H25N3O2S/c1-10(2)14-18(16,17)15-9-3-4-12(15)11-5-7-13-8-6-11/h10-14H,3-9H2,1-2H3. The topological polar surface area (TPSA) is 61.4 Å². The van der Waals surface area contributed by atoms with Crippen LogP contribution in [0.1, 0.15) is 39.5 Å². The average molecular weight is 275 g/mol. The van der Waals surface area contributed by atoms with Gasteiger partial charge >= 0.3 is 0 Å². The fourth-order valence-electron chi connectivity index (χ4n) is 3.13. The Balaban J connectivity index is 2.06. The molecule has 1 unspecified atom stereocenters. The Bertz CT molecular complexity index is 364. The van der Waals surface area contributed by atoms with Crippen LogP contribution in [0.15, 0.2) is 0 Å². The van der Waals surface area contributed by atoms with Crippen molar-refractivity contribution in [3.63, 3.8) is 0 Å². The second-order valence-corrected chi connectivity index (χ2v) is 7.34. The number of hydrogen-bond donors (Lipinski definition) is 2. The maximum absolute atomic E-state index is 12.3. The lowest BCUT2D eigenvalue weighted by Gasteiger charge is -2.34. The van der Waals surface area contributed by atoms with Crippen LogP contribution < -0.4 is 10.0 Å². The summed E-state index contributed by atoms with van der Waals surface area (Å²) < 4.78 is 29.0. The quantitative estimate of drug-likeness (QED) is 0.794. The van der Waals surface area contributed by atoms with Crippen LogP contribution in [0.4, 0.5) is 0 Å². The molecular weight excluding hydrogens is 250 g/mol. The van der Waals surface area contributed by atoms with E-state index >= 15 is 0 Å². The molecule has 0 saturated carbocycles. The lowest BCUT2D eigenvalue weighted by Crippen LogP contribution is -2.49. The van der Waals surface area contributed by atoms with Crippen molar-refractivity contribution in [2.75, 3.05) is 19.6 Å². The Hall–Kier alpha value is -0.170. The number of nitrogens with one attached hydrogen (secondary N) is 2. The van der Waals surface area contributed by atoms with Gasteiger partial charge in [0.25, 0.3) is 10.2 Å². The van der Waals surface area contributed by atoms with Gasteiger partial charge in [-0.3, -0.25) is 0 Å². The molecule has 1 atom stereocenters. The maximum atomic E-state index is 12.3. The van der Waals surface area contributed by atoms with Gasteiger partial charge in [-0.2, -0.15) is 17.4 Å². The van der Waals surface area contributed by atoms with Gasteiger partial charge in [0.15, 0.2) is 0 Å². The Morgan fingerprint density at radius 1 is 1.22 bits per heavy atom. The highest BCUT2D eigenvalue weighted by molar-refractivity contribution is 7.87. The van der Waals surface area contributed by atoms with Crippen molar-refractivity contribution in [3.8, 4) is 0 Å². The molecule has 2 aliphatic heterocycles.